The summed E-state index contributed by atoms with van der Waals surface area (Å²) in [5, 5.41) is 3.56. The Morgan fingerprint density at radius 2 is 2.17 bits per heavy atom. The van der Waals surface area contributed by atoms with Crippen molar-refractivity contribution >= 4 is 39.7 Å². The van der Waals surface area contributed by atoms with Gasteiger partial charge in [0.05, 0.1) is 35.8 Å². The highest BCUT2D eigenvalue weighted by molar-refractivity contribution is 7.13. The van der Waals surface area contributed by atoms with Gasteiger partial charge in [-0.3, -0.25) is 9.59 Å². The van der Waals surface area contributed by atoms with Crippen LogP contribution in [0.15, 0.2) is 51.2 Å². The van der Waals surface area contributed by atoms with Gasteiger partial charge in [-0.1, -0.05) is 18.5 Å². The van der Waals surface area contributed by atoms with Crippen molar-refractivity contribution < 1.29 is 9.21 Å². The quantitative estimate of drug-likeness (QED) is 0.461. The number of furan rings is 1. The fourth-order valence-electron chi connectivity index (χ4n) is 3.15. The lowest BCUT2D eigenvalue weighted by atomic mass is 10.2. The lowest BCUT2D eigenvalue weighted by molar-refractivity contribution is -0.131. The fraction of sp³-hybridized carbons (Fsp3) is 0.238. The number of hydrogen-bond acceptors (Lipinski definition) is 6. The lowest BCUT2D eigenvalue weighted by Gasteiger charge is -2.21. The van der Waals surface area contributed by atoms with Gasteiger partial charge >= 0.3 is 0 Å². The van der Waals surface area contributed by atoms with E-state index in [0.717, 1.165) is 11.4 Å². The zero-order chi connectivity index (χ0) is 21.1. The molecule has 0 aliphatic rings. The number of amides is 1. The molecule has 30 heavy (non-hydrogen) atoms. The summed E-state index contributed by atoms with van der Waals surface area (Å²) in [7, 11) is 0. The van der Waals surface area contributed by atoms with Crippen LogP contribution in [-0.2, 0) is 17.8 Å². The number of nitrogens with one attached hydrogen (secondary N) is 1. The second-order valence-electron chi connectivity index (χ2n) is 6.79. The van der Waals surface area contributed by atoms with Gasteiger partial charge in [0.2, 0.25) is 5.91 Å². The molecule has 0 aliphatic heterocycles. The molecule has 3 heterocycles. The summed E-state index contributed by atoms with van der Waals surface area (Å²) in [6, 6.07) is 8.57. The summed E-state index contributed by atoms with van der Waals surface area (Å²) in [4.78, 5) is 38.7. The van der Waals surface area contributed by atoms with Gasteiger partial charge in [0.1, 0.15) is 5.82 Å². The van der Waals surface area contributed by atoms with Crippen molar-refractivity contribution in [3.63, 3.8) is 0 Å². The topological polar surface area (TPSA) is 92.1 Å². The van der Waals surface area contributed by atoms with E-state index in [-0.39, 0.29) is 24.4 Å². The van der Waals surface area contributed by atoms with Gasteiger partial charge in [-0.25, -0.2) is 9.97 Å². The molecule has 4 aromatic rings. The SMILES string of the molecule is CCCN(Cc1nc2cc(Cl)ccc2c(=O)[nH]1)C(=O)Cc1csc(-c2ccco2)n1. The predicted molar refractivity (Wildman–Crippen MR) is 117 cm³/mol. The Bertz CT molecular complexity index is 1230. The van der Waals surface area contributed by atoms with E-state index in [0.29, 0.717) is 39.7 Å². The van der Waals surface area contributed by atoms with Crippen molar-refractivity contribution in [2.24, 2.45) is 0 Å². The Morgan fingerprint density at radius 3 is 2.93 bits per heavy atom. The van der Waals surface area contributed by atoms with Gasteiger partial charge in [0.15, 0.2) is 10.8 Å². The standard InChI is InChI=1S/C21H19ClN4O3S/c1-2-7-26(11-18-24-16-9-13(22)5-6-15(16)20(28)25-18)19(27)10-14-12-30-21(23-14)17-4-3-8-29-17/h3-6,8-9,12H,2,7,10-11H2,1H3,(H,24,25,28). The van der Waals surface area contributed by atoms with Crippen LogP contribution >= 0.6 is 22.9 Å². The maximum Gasteiger partial charge on any atom is 0.258 e. The van der Waals surface area contributed by atoms with Gasteiger partial charge in [-0.05, 0) is 36.8 Å². The van der Waals surface area contributed by atoms with E-state index in [1.807, 2.05) is 18.4 Å². The number of hydrogen-bond donors (Lipinski definition) is 1. The summed E-state index contributed by atoms with van der Waals surface area (Å²) in [5.41, 5.74) is 0.940. The van der Waals surface area contributed by atoms with Crippen LogP contribution in [0.4, 0.5) is 0 Å². The average Bonchev–Trinajstić information content (AvgIpc) is 3.39. The zero-order valence-corrected chi connectivity index (χ0v) is 17.8. The van der Waals surface area contributed by atoms with Gasteiger partial charge in [-0.15, -0.1) is 11.3 Å². The number of aromatic amines is 1. The molecule has 154 valence electrons. The largest absolute Gasteiger partial charge is 0.462 e. The minimum atomic E-state index is -0.252. The van der Waals surface area contributed by atoms with Crippen molar-refractivity contribution in [3.8, 4) is 10.8 Å². The number of fused-ring (bicyclic) bond motifs is 1. The summed E-state index contributed by atoms with van der Waals surface area (Å²) in [6.07, 6.45) is 2.54. The number of halogens is 1. The molecule has 0 unspecified atom stereocenters. The second kappa shape index (κ2) is 8.81. The molecule has 9 heteroatoms. The highest BCUT2D eigenvalue weighted by atomic mass is 35.5. The molecule has 0 saturated heterocycles. The molecule has 1 N–H and O–H groups in total. The molecule has 0 bridgehead atoms. The van der Waals surface area contributed by atoms with Crippen molar-refractivity contribution in [1.82, 2.24) is 19.9 Å². The van der Waals surface area contributed by atoms with E-state index in [9.17, 15) is 9.59 Å². The van der Waals surface area contributed by atoms with Crippen molar-refractivity contribution in [2.75, 3.05) is 6.54 Å². The van der Waals surface area contributed by atoms with E-state index in [1.54, 1.807) is 35.4 Å². The van der Waals surface area contributed by atoms with Gasteiger partial charge in [0.25, 0.3) is 5.56 Å². The average molecular weight is 443 g/mol. The molecule has 3 aromatic heterocycles. The molecule has 0 radical (unpaired) electrons. The maximum atomic E-state index is 12.9. The first-order valence-corrected chi connectivity index (χ1v) is 10.7. The summed E-state index contributed by atoms with van der Waals surface area (Å²) in [5.74, 6) is 1.02. The van der Waals surface area contributed by atoms with Crippen molar-refractivity contribution in [1.29, 1.82) is 0 Å². The molecule has 1 amide bonds. The molecular weight excluding hydrogens is 424 g/mol. The fourth-order valence-corrected chi connectivity index (χ4v) is 4.10. The van der Waals surface area contributed by atoms with Crippen molar-refractivity contribution in [3.05, 3.63) is 68.9 Å². The predicted octanol–water partition coefficient (Wildman–Crippen LogP) is 4.27. The Kier molecular flexibility index (Phi) is 5.96. The molecular formula is C21H19ClN4O3S. The first kappa shape index (κ1) is 20.3. The monoisotopic (exact) mass is 442 g/mol. The third-order valence-electron chi connectivity index (χ3n) is 4.52. The first-order valence-electron chi connectivity index (χ1n) is 9.48. The van der Waals surface area contributed by atoms with Gasteiger partial charge in [0, 0.05) is 16.9 Å². The minimum absolute atomic E-state index is 0.0815. The molecule has 0 spiro atoms. The van der Waals surface area contributed by atoms with Crippen LogP contribution in [-0.4, -0.2) is 32.3 Å². The number of aromatic nitrogens is 3. The van der Waals surface area contributed by atoms with Crippen LogP contribution in [0.2, 0.25) is 5.02 Å². The van der Waals surface area contributed by atoms with E-state index in [2.05, 4.69) is 15.0 Å². The summed E-state index contributed by atoms with van der Waals surface area (Å²) < 4.78 is 5.36. The molecule has 0 aliphatic carbocycles. The zero-order valence-electron chi connectivity index (χ0n) is 16.2. The molecule has 0 fully saturated rings. The van der Waals surface area contributed by atoms with Crippen molar-refractivity contribution in [2.45, 2.75) is 26.3 Å². The minimum Gasteiger partial charge on any atom is -0.462 e. The van der Waals surface area contributed by atoms with Gasteiger partial charge in [-0.2, -0.15) is 0 Å². The number of carbonyl (C=O) groups excluding carboxylic acids is 1. The van der Waals surface area contributed by atoms with E-state index in [1.165, 1.54) is 11.3 Å². The number of benzene rings is 1. The Hall–Kier alpha value is -2.97. The molecule has 0 saturated carbocycles. The lowest BCUT2D eigenvalue weighted by Crippen LogP contribution is -2.34. The van der Waals surface area contributed by atoms with Gasteiger partial charge < -0.3 is 14.3 Å². The Labute approximate surface area is 181 Å². The third-order valence-corrected chi connectivity index (χ3v) is 5.66. The van der Waals surface area contributed by atoms with Crippen LogP contribution in [0.25, 0.3) is 21.7 Å². The number of H-pyrrole nitrogens is 1. The highest BCUT2D eigenvalue weighted by Crippen LogP contribution is 2.24. The van der Waals surface area contributed by atoms with Crippen LogP contribution in [0, 0.1) is 0 Å². The molecule has 1 aromatic carbocycles. The molecule has 7 nitrogen and oxygen atoms in total. The summed E-state index contributed by atoms with van der Waals surface area (Å²) >= 11 is 7.46. The number of rotatable bonds is 7. The van der Waals surface area contributed by atoms with E-state index in [4.69, 9.17) is 16.0 Å². The van der Waals surface area contributed by atoms with Crippen LogP contribution in [0.5, 0.6) is 0 Å². The Balaban J connectivity index is 1.53. The molecule has 4 rings (SSSR count). The smallest absolute Gasteiger partial charge is 0.258 e. The van der Waals surface area contributed by atoms with Crippen LogP contribution < -0.4 is 5.56 Å². The number of thiazole rings is 1. The highest BCUT2D eigenvalue weighted by Gasteiger charge is 2.18. The number of nitrogens with zero attached hydrogens (tertiary/aromatic N) is 3. The van der Waals surface area contributed by atoms with E-state index >= 15 is 0 Å². The van der Waals surface area contributed by atoms with Crippen LogP contribution in [0.3, 0.4) is 0 Å². The summed E-state index contributed by atoms with van der Waals surface area (Å²) in [6.45, 7) is 2.75. The normalized spacial score (nSPS) is 11.1. The second-order valence-corrected chi connectivity index (χ2v) is 8.08. The van der Waals surface area contributed by atoms with E-state index < -0.39 is 0 Å². The first-order chi connectivity index (χ1) is 14.5. The molecule has 0 atom stereocenters. The maximum absolute atomic E-state index is 12.9. The Morgan fingerprint density at radius 1 is 1.30 bits per heavy atom. The van der Waals surface area contributed by atoms with Crippen LogP contribution in [0.1, 0.15) is 24.9 Å². The third kappa shape index (κ3) is 4.44. The number of carbonyl (C=O) groups is 1.